The molecule has 0 atom stereocenters. The van der Waals surface area contributed by atoms with E-state index in [1.807, 2.05) is 30.3 Å². The number of anilines is 1. The van der Waals surface area contributed by atoms with Gasteiger partial charge in [0, 0.05) is 12.6 Å². The Labute approximate surface area is 105 Å². The number of aromatic nitrogens is 1. The first-order chi connectivity index (χ1) is 8.75. The molecule has 1 amide bonds. The number of pyridine rings is 1. The first-order valence-electron chi connectivity index (χ1n) is 5.69. The van der Waals surface area contributed by atoms with Crippen LogP contribution < -0.4 is 5.32 Å². The summed E-state index contributed by atoms with van der Waals surface area (Å²) in [5.74, 6) is -0.727. The van der Waals surface area contributed by atoms with Crippen molar-refractivity contribution in [2.24, 2.45) is 0 Å². The van der Waals surface area contributed by atoms with Gasteiger partial charge >= 0.3 is 0 Å². The van der Waals surface area contributed by atoms with Crippen molar-refractivity contribution in [3.05, 3.63) is 60.2 Å². The van der Waals surface area contributed by atoms with Gasteiger partial charge in [0.25, 0.3) is 0 Å². The highest BCUT2D eigenvalue weighted by Gasteiger charge is 2.06. The van der Waals surface area contributed by atoms with Gasteiger partial charge in [-0.15, -0.1) is 0 Å². The van der Waals surface area contributed by atoms with Crippen molar-refractivity contribution in [2.75, 3.05) is 5.32 Å². The second kappa shape index (κ2) is 5.91. The number of amides is 1. The van der Waals surface area contributed by atoms with E-state index < -0.39 is 5.82 Å². The van der Waals surface area contributed by atoms with E-state index in [2.05, 4.69) is 10.3 Å². The Bertz CT molecular complexity index is 528. The molecule has 0 unspecified atom stereocenters. The Morgan fingerprint density at radius 3 is 2.72 bits per heavy atom. The third-order valence-electron chi connectivity index (χ3n) is 2.53. The number of nitrogens with one attached hydrogen (secondary N) is 1. The first kappa shape index (κ1) is 12.2. The van der Waals surface area contributed by atoms with Crippen LogP contribution in [0.1, 0.15) is 12.0 Å². The van der Waals surface area contributed by atoms with Crippen LogP contribution in [0.5, 0.6) is 0 Å². The van der Waals surface area contributed by atoms with Crippen LogP contribution in [0.2, 0.25) is 0 Å². The molecule has 0 bridgehead atoms. The van der Waals surface area contributed by atoms with Gasteiger partial charge in [0.15, 0.2) is 5.82 Å². The van der Waals surface area contributed by atoms with E-state index in [0.29, 0.717) is 12.8 Å². The number of carbonyl (C=O) groups is 1. The molecule has 3 nitrogen and oxygen atoms in total. The van der Waals surface area contributed by atoms with Crippen molar-refractivity contribution in [3.63, 3.8) is 0 Å². The predicted octanol–water partition coefficient (Wildman–Crippen LogP) is 2.79. The van der Waals surface area contributed by atoms with Crippen molar-refractivity contribution >= 4 is 11.6 Å². The summed E-state index contributed by atoms with van der Waals surface area (Å²) in [5.41, 5.74) is 1.26. The second-order valence-electron chi connectivity index (χ2n) is 3.89. The minimum absolute atomic E-state index is 0.170. The number of benzene rings is 1. The zero-order valence-corrected chi connectivity index (χ0v) is 9.77. The highest BCUT2D eigenvalue weighted by atomic mass is 19.1. The summed E-state index contributed by atoms with van der Waals surface area (Å²) in [4.78, 5) is 15.3. The number of aryl methyl sites for hydroxylation is 1. The molecule has 0 radical (unpaired) electrons. The molecule has 0 spiro atoms. The molecule has 1 aromatic heterocycles. The van der Waals surface area contributed by atoms with E-state index in [4.69, 9.17) is 0 Å². The Balaban J connectivity index is 1.88. The van der Waals surface area contributed by atoms with Crippen LogP contribution in [0.15, 0.2) is 48.8 Å². The van der Waals surface area contributed by atoms with E-state index in [1.165, 1.54) is 12.3 Å². The van der Waals surface area contributed by atoms with Gasteiger partial charge in [-0.25, -0.2) is 4.39 Å². The zero-order valence-electron chi connectivity index (χ0n) is 9.77. The molecular formula is C14H13FN2O. The van der Waals surface area contributed by atoms with Gasteiger partial charge in [-0.2, -0.15) is 0 Å². The molecule has 4 heteroatoms. The van der Waals surface area contributed by atoms with E-state index >= 15 is 0 Å². The van der Waals surface area contributed by atoms with Crippen molar-refractivity contribution in [2.45, 2.75) is 12.8 Å². The number of hydrogen-bond donors (Lipinski definition) is 1. The monoisotopic (exact) mass is 244 g/mol. The lowest BCUT2D eigenvalue weighted by Crippen LogP contribution is -2.13. The Kier molecular flexibility index (Phi) is 4.02. The van der Waals surface area contributed by atoms with Crippen LogP contribution in [0, 0.1) is 5.82 Å². The van der Waals surface area contributed by atoms with Gasteiger partial charge in [-0.3, -0.25) is 9.78 Å². The average molecular weight is 244 g/mol. The van der Waals surface area contributed by atoms with Crippen LogP contribution in [-0.4, -0.2) is 10.9 Å². The van der Waals surface area contributed by atoms with Crippen LogP contribution in [0.3, 0.4) is 0 Å². The lowest BCUT2D eigenvalue weighted by molar-refractivity contribution is -0.116. The van der Waals surface area contributed by atoms with E-state index in [-0.39, 0.29) is 11.6 Å². The van der Waals surface area contributed by atoms with Gasteiger partial charge in [0.05, 0.1) is 11.9 Å². The quantitative estimate of drug-likeness (QED) is 0.898. The molecular weight excluding hydrogens is 231 g/mol. The fourth-order valence-electron chi connectivity index (χ4n) is 1.59. The number of halogens is 1. The van der Waals surface area contributed by atoms with Crippen LogP contribution >= 0.6 is 0 Å². The molecule has 92 valence electrons. The van der Waals surface area contributed by atoms with Gasteiger partial charge in [-0.1, -0.05) is 30.3 Å². The van der Waals surface area contributed by atoms with Crippen LogP contribution in [0.25, 0.3) is 0 Å². The third-order valence-corrected chi connectivity index (χ3v) is 2.53. The second-order valence-corrected chi connectivity index (χ2v) is 3.89. The van der Waals surface area contributed by atoms with Crippen molar-refractivity contribution in [1.82, 2.24) is 4.98 Å². The molecule has 0 aliphatic rings. The molecule has 0 saturated carbocycles. The molecule has 2 aromatic rings. The number of hydrogen-bond acceptors (Lipinski definition) is 2. The minimum atomic E-state index is -0.523. The molecule has 1 aromatic carbocycles. The highest BCUT2D eigenvalue weighted by Crippen LogP contribution is 2.11. The fraction of sp³-hybridized carbons (Fsp3) is 0.143. The normalized spacial score (nSPS) is 10.1. The summed E-state index contributed by atoms with van der Waals surface area (Å²) < 4.78 is 13.2. The Morgan fingerprint density at radius 1 is 1.22 bits per heavy atom. The van der Waals surface area contributed by atoms with Crippen molar-refractivity contribution in [3.8, 4) is 0 Å². The van der Waals surface area contributed by atoms with E-state index in [9.17, 15) is 9.18 Å². The maximum Gasteiger partial charge on any atom is 0.224 e. The molecule has 0 saturated heterocycles. The minimum Gasteiger partial charge on any atom is -0.323 e. The maximum absolute atomic E-state index is 13.2. The van der Waals surface area contributed by atoms with Crippen molar-refractivity contribution in [1.29, 1.82) is 0 Å². The van der Waals surface area contributed by atoms with Gasteiger partial charge in [0.1, 0.15) is 0 Å². The van der Waals surface area contributed by atoms with Crippen molar-refractivity contribution < 1.29 is 9.18 Å². The molecule has 18 heavy (non-hydrogen) atoms. The summed E-state index contributed by atoms with van der Waals surface area (Å²) in [6.07, 6.45) is 3.48. The lowest BCUT2D eigenvalue weighted by atomic mass is 10.1. The van der Waals surface area contributed by atoms with E-state index in [1.54, 1.807) is 0 Å². The van der Waals surface area contributed by atoms with E-state index in [0.717, 1.165) is 11.8 Å². The van der Waals surface area contributed by atoms with Gasteiger partial charge in [0.2, 0.25) is 5.91 Å². The largest absolute Gasteiger partial charge is 0.323 e. The number of carbonyl (C=O) groups excluding carboxylic acids is 1. The topological polar surface area (TPSA) is 42.0 Å². The summed E-state index contributed by atoms with van der Waals surface area (Å²) in [6, 6.07) is 11.1. The first-order valence-corrected chi connectivity index (χ1v) is 5.69. The summed E-state index contributed by atoms with van der Waals surface area (Å²) in [5, 5.41) is 2.53. The van der Waals surface area contributed by atoms with Crippen LogP contribution in [0.4, 0.5) is 10.1 Å². The zero-order chi connectivity index (χ0) is 12.8. The highest BCUT2D eigenvalue weighted by molar-refractivity contribution is 5.90. The number of rotatable bonds is 4. The summed E-state index contributed by atoms with van der Waals surface area (Å²) in [6.45, 7) is 0. The molecule has 2 rings (SSSR count). The average Bonchev–Trinajstić information content (AvgIpc) is 2.40. The fourth-order valence-corrected chi connectivity index (χ4v) is 1.59. The van der Waals surface area contributed by atoms with Gasteiger partial charge < -0.3 is 5.32 Å². The molecule has 0 aliphatic carbocycles. The lowest BCUT2D eigenvalue weighted by Gasteiger charge is -2.05. The molecule has 1 heterocycles. The molecule has 0 aliphatic heterocycles. The smallest absolute Gasteiger partial charge is 0.224 e. The number of nitrogens with zero attached hydrogens (tertiary/aromatic N) is 1. The molecule has 0 fully saturated rings. The third kappa shape index (κ3) is 3.38. The summed E-state index contributed by atoms with van der Waals surface area (Å²) in [7, 11) is 0. The maximum atomic E-state index is 13.2. The van der Waals surface area contributed by atoms with Gasteiger partial charge in [-0.05, 0) is 18.1 Å². The predicted molar refractivity (Wildman–Crippen MR) is 67.6 cm³/mol. The molecule has 1 N–H and O–H groups in total. The standard InChI is InChI=1S/C14H13FN2O/c15-12-10-16-9-8-13(12)17-14(18)7-6-11-4-2-1-3-5-11/h1-5,8-10H,6-7H2,(H,16,17,18). The summed E-state index contributed by atoms with van der Waals surface area (Å²) >= 11 is 0. The Hall–Kier alpha value is -2.23. The van der Waals surface area contributed by atoms with Crippen LogP contribution in [-0.2, 0) is 11.2 Å². The Morgan fingerprint density at radius 2 is 2.00 bits per heavy atom. The SMILES string of the molecule is O=C(CCc1ccccc1)Nc1ccncc1F.